The molecule has 0 saturated carbocycles. The van der Waals surface area contributed by atoms with E-state index in [4.69, 9.17) is 0 Å². The van der Waals surface area contributed by atoms with Gasteiger partial charge in [-0.05, 0) is 25.5 Å². The maximum absolute atomic E-state index is 13.5. The summed E-state index contributed by atoms with van der Waals surface area (Å²) in [5.41, 5.74) is 0.645. The lowest BCUT2D eigenvalue weighted by molar-refractivity contribution is 0.0953. The molecule has 1 amide bonds. The van der Waals surface area contributed by atoms with E-state index in [0.29, 0.717) is 18.7 Å². The normalized spacial score (nSPS) is 10.1. The van der Waals surface area contributed by atoms with Crippen LogP contribution in [0.5, 0.6) is 0 Å². The third kappa shape index (κ3) is 3.73. The Morgan fingerprint density at radius 1 is 1.35 bits per heavy atom. The molecule has 0 radical (unpaired) electrons. The van der Waals surface area contributed by atoms with Crippen LogP contribution in [0.25, 0.3) is 0 Å². The van der Waals surface area contributed by atoms with Gasteiger partial charge in [0.25, 0.3) is 5.91 Å². The summed E-state index contributed by atoms with van der Waals surface area (Å²) in [5, 5.41) is 5.66. The van der Waals surface area contributed by atoms with Crippen LogP contribution in [0, 0.1) is 5.82 Å². The summed E-state index contributed by atoms with van der Waals surface area (Å²) < 4.78 is 13.5. The Hall–Kier alpha value is -1.58. The third-order valence-corrected chi connectivity index (χ3v) is 2.43. The number of amides is 1. The summed E-state index contributed by atoms with van der Waals surface area (Å²) in [6.07, 6.45) is 1.95. The van der Waals surface area contributed by atoms with Gasteiger partial charge in [0, 0.05) is 13.1 Å². The number of anilines is 1. The van der Waals surface area contributed by atoms with Gasteiger partial charge in [0.1, 0.15) is 5.82 Å². The molecule has 0 aromatic heterocycles. The zero-order valence-corrected chi connectivity index (χ0v) is 10.3. The second kappa shape index (κ2) is 6.89. The van der Waals surface area contributed by atoms with E-state index in [2.05, 4.69) is 17.6 Å². The minimum atomic E-state index is -0.394. The second-order valence-corrected chi connectivity index (χ2v) is 3.80. The van der Waals surface area contributed by atoms with E-state index in [0.717, 1.165) is 12.8 Å². The standard InChI is InChI=1S/C13H19FN2O/c1-3-5-9-16-13(17)10-7-6-8-11(14)12(10)15-4-2/h6-8,15H,3-5,9H2,1-2H3,(H,16,17). The number of benzene rings is 1. The van der Waals surface area contributed by atoms with Crippen LogP contribution in [0.3, 0.4) is 0 Å². The number of hydrogen-bond acceptors (Lipinski definition) is 2. The maximum Gasteiger partial charge on any atom is 0.253 e. The number of nitrogens with one attached hydrogen (secondary N) is 2. The third-order valence-electron chi connectivity index (χ3n) is 2.43. The Morgan fingerprint density at radius 3 is 2.76 bits per heavy atom. The number of unbranched alkanes of at least 4 members (excludes halogenated alkanes) is 1. The van der Waals surface area contributed by atoms with Crippen molar-refractivity contribution in [3.8, 4) is 0 Å². The number of carbonyl (C=O) groups excluding carboxylic acids is 1. The second-order valence-electron chi connectivity index (χ2n) is 3.80. The first-order valence-electron chi connectivity index (χ1n) is 6.01. The number of halogens is 1. The number of para-hydroxylation sites is 1. The van der Waals surface area contributed by atoms with Gasteiger partial charge >= 0.3 is 0 Å². The smallest absolute Gasteiger partial charge is 0.253 e. The molecule has 0 aliphatic heterocycles. The fourth-order valence-corrected chi connectivity index (χ4v) is 1.54. The monoisotopic (exact) mass is 238 g/mol. The van der Waals surface area contributed by atoms with Crippen molar-refractivity contribution in [2.45, 2.75) is 26.7 Å². The van der Waals surface area contributed by atoms with Crippen LogP contribution in [-0.4, -0.2) is 19.0 Å². The fraction of sp³-hybridized carbons (Fsp3) is 0.462. The average molecular weight is 238 g/mol. The van der Waals surface area contributed by atoms with Crippen LogP contribution in [-0.2, 0) is 0 Å². The van der Waals surface area contributed by atoms with Gasteiger partial charge in [-0.3, -0.25) is 4.79 Å². The molecule has 0 unspecified atom stereocenters. The van der Waals surface area contributed by atoms with E-state index >= 15 is 0 Å². The highest BCUT2D eigenvalue weighted by atomic mass is 19.1. The molecule has 4 heteroatoms. The van der Waals surface area contributed by atoms with Crippen LogP contribution in [0.15, 0.2) is 18.2 Å². The number of carbonyl (C=O) groups is 1. The Balaban J connectivity index is 2.81. The predicted octanol–water partition coefficient (Wildman–Crippen LogP) is 2.79. The topological polar surface area (TPSA) is 41.1 Å². The van der Waals surface area contributed by atoms with Crippen molar-refractivity contribution in [2.75, 3.05) is 18.4 Å². The first-order chi connectivity index (χ1) is 8.20. The molecule has 2 N–H and O–H groups in total. The summed E-state index contributed by atoms with van der Waals surface area (Å²) in [4.78, 5) is 11.8. The number of hydrogen-bond donors (Lipinski definition) is 2. The lowest BCUT2D eigenvalue weighted by atomic mass is 10.1. The SMILES string of the molecule is CCCCNC(=O)c1cccc(F)c1NCC. The van der Waals surface area contributed by atoms with Gasteiger partial charge in [-0.1, -0.05) is 19.4 Å². The minimum absolute atomic E-state index is 0.228. The highest BCUT2D eigenvalue weighted by molar-refractivity contribution is 5.99. The number of rotatable bonds is 6. The van der Waals surface area contributed by atoms with E-state index in [9.17, 15) is 9.18 Å². The van der Waals surface area contributed by atoms with Crippen LogP contribution < -0.4 is 10.6 Å². The van der Waals surface area contributed by atoms with E-state index in [1.165, 1.54) is 6.07 Å². The summed E-state index contributed by atoms with van der Waals surface area (Å²) in [7, 11) is 0. The minimum Gasteiger partial charge on any atom is -0.382 e. The molecule has 1 rings (SSSR count). The molecule has 0 heterocycles. The Kier molecular flexibility index (Phi) is 5.46. The van der Waals surface area contributed by atoms with Gasteiger partial charge in [0.15, 0.2) is 0 Å². The lowest BCUT2D eigenvalue weighted by Gasteiger charge is -2.11. The molecule has 0 bridgehead atoms. The van der Waals surface area contributed by atoms with Crippen LogP contribution >= 0.6 is 0 Å². The summed E-state index contributed by atoms with van der Waals surface area (Å²) in [5.74, 6) is -0.621. The van der Waals surface area contributed by atoms with Gasteiger partial charge in [-0.25, -0.2) is 4.39 Å². The lowest BCUT2D eigenvalue weighted by Crippen LogP contribution is -2.25. The van der Waals surface area contributed by atoms with Crippen molar-refractivity contribution >= 4 is 11.6 Å². The van der Waals surface area contributed by atoms with E-state index in [1.807, 2.05) is 6.92 Å². The fourth-order valence-electron chi connectivity index (χ4n) is 1.54. The van der Waals surface area contributed by atoms with Crippen molar-refractivity contribution in [2.24, 2.45) is 0 Å². The molecular weight excluding hydrogens is 219 g/mol. The Labute approximate surface area is 101 Å². The molecule has 1 aromatic rings. The van der Waals surface area contributed by atoms with Gasteiger partial charge in [-0.15, -0.1) is 0 Å². The molecule has 17 heavy (non-hydrogen) atoms. The molecule has 0 aliphatic rings. The largest absolute Gasteiger partial charge is 0.382 e. The molecule has 0 saturated heterocycles. The highest BCUT2D eigenvalue weighted by Crippen LogP contribution is 2.19. The summed E-state index contributed by atoms with van der Waals surface area (Å²) in [6.45, 7) is 5.12. The van der Waals surface area contributed by atoms with Crippen molar-refractivity contribution in [3.63, 3.8) is 0 Å². The van der Waals surface area contributed by atoms with Gasteiger partial charge in [0.05, 0.1) is 11.3 Å². The maximum atomic E-state index is 13.5. The first kappa shape index (κ1) is 13.5. The van der Waals surface area contributed by atoms with Crippen LogP contribution in [0.2, 0.25) is 0 Å². The quantitative estimate of drug-likeness (QED) is 0.748. The zero-order valence-electron chi connectivity index (χ0n) is 10.3. The van der Waals surface area contributed by atoms with Gasteiger partial charge in [-0.2, -0.15) is 0 Å². The summed E-state index contributed by atoms with van der Waals surface area (Å²) >= 11 is 0. The van der Waals surface area contributed by atoms with Crippen LogP contribution in [0.1, 0.15) is 37.0 Å². The van der Waals surface area contributed by atoms with Crippen molar-refractivity contribution in [1.82, 2.24) is 5.32 Å². The average Bonchev–Trinajstić information content (AvgIpc) is 2.32. The van der Waals surface area contributed by atoms with Gasteiger partial charge < -0.3 is 10.6 Å². The van der Waals surface area contributed by atoms with Crippen molar-refractivity contribution in [1.29, 1.82) is 0 Å². The van der Waals surface area contributed by atoms with E-state index < -0.39 is 5.82 Å². The Bertz CT molecular complexity index is 380. The molecule has 0 aliphatic carbocycles. The van der Waals surface area contributed by atoms with Crippen LogP contribution in [0.4, 0.5) is 10.1 Å². The van der Waals surface area contributed by atoms with Crippen molar-refractivity contribution in [3.05, 3.63) is 29.6 Å². The predicted molar refractivity (Wildman–Crippen MR) is 67.8 cm³/mol. The molecule has 3 nitrogen and oxygen atoms in total. The van der Waals surface area contributed by atoms with E-state index in [1.54, 1.807) is 12.1 Å². The highest BCUT2D eigenvalue weighted by Gasteiger charge is 2.13. The Morgan fingerprint density at radius 2 is 2.12 bits per heavy atom. The first-order valence-corrected chi connectivity index (χ1v) is 6.01. The molecule has 1 aromatic carbocycles. The zero-order chi connectivity index (χ0) is 12.7. The summed E-state index contributed by atoms with van der Waals surface area (Å²) in [6, 6.07) is 4.52. The molecule has 0 fully saturated rings. The van der Waals surface area contributed by atoms with Crippen molar-refractivity contribution < 1.29 is 9.18 Å². The molecule has 0 spiro atoms. The molecule has 94 valence electrons. The van der Waals surface area contributed by atoms with E-state index in [-0.39, 0.29) is 11.6 Å². The molecule has 0 atom stereocenters. The van der Waals surface area contributed by atoms with Gasteiger partial charge in [0.2, 0.25) is 0 Å². The molecular formula is C13H19FN2O.